The first-order valence-corrected chi connectivity index (χ1v) is 6.23. The maximum atomic E-state index is 11.1. The van der Waals surface area contributed by atoms with Gasteiger partial charge in [-0.2, -0.15) is 0 Å². The number of carboxylic acid groups (broad SMARTS) is 1. The van der Waals surface area contributed by atoms with Crippen molar-refractivity contribution in [2.45, 2.75) is 20.3 Å². The van der Waals surface area contributed by atoms with Crippen LogP contribution in [0.5, 0.6) is 0 Å². The fraction of sp³-hybridized carbons (Fsp3) is 0.231. The lowest BCUT2D eigenvalue weighted by Gasteiger charge is -2.01. The molecule has 0 unspecified atom stereocenters. The summed E-state index contributed by atoms with van der Waals surface area (Å²) >= 11 is 1.22. The van der Waals surface area contributed by atoms with Crippen molar-refractivity contribution in [1.29, 1.82) is 0 Å². The SMILES string of the molecule is CCc1ccc(-c2nc(C)sc2C(=O)O)cc1. The summed E-state index contributed by atoms with van der Waals surface area (Å²) < 4.78 is 0. The topological polar surface area (TPSA) is 50.2 Å². The van der Waals surface area contributed by atoms with Crippen LogP contribution in [0.15, 0.2) is 24.3 Å². The first kappa shape index (κ1) is 11.8. The van der Waals surface area contributed by atoms with Gasteiger partial charge in [0.1, 0.15) is 4.88 Å². The molecule has 1 aromatic heterocycles. The van der Waals surface area contributed by atoms with E-state index in [1.165, 1.54) is 16.9 Å². The molecule has 2 aromatic rings. The van der Waals surface area contributed by atoms with Gasteiger partial charge in [0.2, 0.25) is 0 Å². The molecule has 1 heterocycles. The van der Waals surface area contributed by atoms with Crippen molar-refractivity contribution in [2.75, 3.05) is 0 Å². The summed E-state index contributed by atoms with van der Waals surface area (Å²) in [6, 6.07) is 7.88. The number of nitrogens with zero attached hydrogens (tertiary/aromatic N) is 1. The number of hydrogen-bond acceptors (Lipinski definition) is 3. The third-order valence-corrected chi connectivity index (χ3v) is 3.52. The molecule has 4 heteroatoms. The van der Waals surface area contributed by atoms with Gasteiger partial charge in [-0.3, -0.25) is 0 Å². The summed E-state index contributed by atoms with van der Waals surface area (Å²) in [5.74, 6) is -0.912. The zero-order valence-electron chi connectivity index (χ0n) is 9.73. The molecule has 1 aromatic carbocycles. The minimum atomic E-state index is -0.912. The summed E-state index contributed by atoms with van der Waals surface area (Å²) in [6.07, 6.45) is 0.974. The number of hydrogen-bond donors (Lipinski definition) is 1. The zero-order valence-corrected chi connectivity index (χ0v) is 10.5. The second kappa shape index (κ2) is 4.67. The van der Waals surface area contributed by atoms with E-state index < -0.39 is 5.97 Å². The highest BCUT2D eigenvalue weighted by Crippen LogP contribution is 2.28. The van der Waals surface area contributed by atoms with Crippen molar-refractivity contribution in [1.82, 2.24) is 4.98 Å². The molecule has 0 atom stereocenters. The number of carboxylic acids is 1. The van der Waals surface area contributed by atoms with Gasteiger partial charge >= 0.3 is 5.97 Å². The Kier molecular flexibility index (Phi) is 3.24. The highest BCUT2D eigenvalue weighted by atomic mass is 32.1. The molecule has 0 saturated carbocycles. The van der Waals surface area contributed by atoms with Gasteiger partial charge in [0, 0.05) is 5.56 Å². The monoisotopic (exact) mass is 247 g/mol. The van der Waals surface area contributed by atoms with E-state index in [0.717, 1.165) is 17.0 Å². The molecule has 0 aliphatic rings. The molecule has 3 nitrogen and oxygen atoms in total. The van der Waals surface area contributed by atoms with Crippen molar-refractivity contribution in [3.63, 3.8) is 0 Å². The Labute approximate surface area is 104 Å². The normalized spacial score (nSPS) is 10.5. The van der Waals surface area contributed by atoms with Crippen LogP contribution in [0.3, 0.4) is 0 Å². The lowest BCUT2D eigenvalue weighted by molar-refractivity contribution is 0.0702. The van der Waals surface area contributed by atoms with Crippen molar-refractivity contribution < 1.29 is 9.90 Å². The van der Waals surface area contributed by atoms with Gasteiger partial charge in [0.05, 0.1) is 10.7 Å². The number of benzene rings is 1. The second-order valence-corrected chi connectivity index (χ2v) is 4.97. The predicted octanol–water partition coefficient (Wildman–Crippen LogP) is 3.38. The van der Waals surface area contributed by atoms with Crippen LogP contribution in [-0.4, -0.2) is 16.1 Å². The molecule has 0 aliphatic carbocycles. The Bertz CT molecular complexity index is 543. The minimum absolute atomic E-state index is 0.312. The lowest BCUT2D eigenvalue weighted by Crippen LogP contribution is -1.95. The van der Waals surface area contributed by atoms with E-state index in [0.29, 0.717) is 10.6 Å². The third kappa shape index (κ3) is 2.36. The number of rotatable bonds is 3. The molecular weight excluding hydrogens is 234 g/mol. The Balaban J connectivity index is 2.48. The van der Waals surface area contributed by atoms with Gasteiger partial charge in [-0.15, -0.1) is 11.3 Å². The van der Waals surface area contributed by atoms with Crippen molar-refractivity contribution in [3.05, 3.63) is 39.7 Å². The quantitative estimate of drug-likeness (QED) is 0.904. The van der Waals surface area contributed by atoms with Crippen molar-refractivity contribution in [2.24, 2.45) is 0 Å². The van der Waals surface area contributed by atoms with Gasteiger partial charge in [-0.05, 0) is 18.9 Å². The van der Waals surface area contributed by atoms with Gasteiger partial charge in [0.25, 0.3) is 0 Å². The number of aromatic carboxylic acids is 1. The number of thiazole rings is 1. The third-order valence-electron chi connectivity index (χ3n) is 2.56. The lowest BCUT2D eigenvalue weighted by atomic mass is 10.1. The van der Waals surface area contributed by atoms with Crippen LogP contribution in [0.25, 0.3) is 11.3 Å². The molecule has 88 valence electrons. The van der Waals surface area contributed by atoms with E-state index in [1.54, 1.807) is 0 Å². The standard InChI is InChI=1S/C13H13NO2S/c1-3-9-4-6-10(7-5-9)11-12(13(15)16)17-8(2)14-11/h4-7H,3H2,1-2H3,(H,15,16). The molecular formula is C13H13NO2S. The molecule has 0 amide bonds. The summed E-state index contributed by atoms with van der Waals surface area (Å²) in [6.45, 7) is 3.91. The highest BCUT2D eigenvalue weighted by molar-refractivity contribution is 7.14. The first-order chi connectivity index (χ1) is 8.11. The predicted molar refractivity (Wildman–Crippen MR) is 68.6 cm³/mol. The number of carbonyl (C=O) groups is 1. The molecule has 0 saturated heterocycles. The summed E-state index contributed by atoms with van der Waals surface area (Å²) in [5.41, 5.74) is 2.67. The van der Waals surface area contributed by atoms with Crippen LogP contribution in [0.1, 0.15) is 27.2 Å². The van der Waals surface area contributed by atoms with Crippen LogP contribution in [0.2, 0.25) is 0 Å². The minimum Gasteiger partial charge on any atom is -0.477 e. The fourth-order valence-electron chi connectivity index (χ4n) is 1.67. The summed E-state index contributed by atoms with van der Waals surface area (Å²) in [5, 5.41) is 9.89. The zero-order chi connectivity index (χ0) is 12.4. The largest absolute Gasteiger partial charge is 0.477 e. The smallest absolute Gasteiger partial charge is 0.348 e. The van der Waals surface area contributed by atoms with Crippen molar-refractivity contribution in [3.8, 4) is 11.3 Å². The average Bonchev–Trinajstić information content (AvgIpc) is 2.72. The molecule has 0 aliphatic heterocycles. The molecule has 0 bridgehead atoms. The van der Waals surface area contributed by atoms with E-state index in [-0.39, 0.29) is 0 Å². The Morgan fingerprint density at radius 3 is 2.53 bits per heavy atom. The molecule has 1 N–H and O–H groups in total. The van der Waals surface area contributed by atoms with E-state index >= 15 is 0 Å². The molecule has 0 spiro atoms. The van der Waals surface area contributed by atoms with Gasteiger partial charge in [-0.25, -0.2) is 9.78 Å². The summed E-state index contributed by atoms with van der Waals surface area (Å²) in [7, 11) is 0. The van der Waals surface area contributed by atoms with E-state index in [2.05, 4.69) is 11.9 Å². The number of aromatic nitrogens is 1. The van der Waals surface area contributed by atoms with Crippen LogP contribution in [-0.2, 0) is 6.42 Å². The molecule has 2 rings (SSSR count). The van der Waals surface area contributed by atoms with E-state index in [1.807, 2.05) is 31.2 Å². The average molecular weight is 247 g/mol. The Hall–Kier alpha value is -1.68. The maximum absolute atomic E-state index is 11.1. The van der Waals surface area contributed by atoms with Crippen molar-refractivity contribution >= 4 is 17.3 Å². The molecule has 0 radical (unpaired) electrons. The number of aryl methyl sites for hydroxylation is 2. The van der Waals surface area contributed by atoms with E-state index in [4.69, 9.17) is 5.11 Å². The Morgan fingerprint density at radius 1 is 1.35 bits per heavy atom. The van der Waals surface area contributed by atoms with E-state index in [9.17, 15) is 4.79 Å². The van der Waals surface area contributed by atoms with Gasteiger partial charge in [-0.1, -0.05) is 31.2 Å². The van der Waals surface area contributed by atoms with Crippen LogP contribution in [0.4, 0.5) is 0 Å². The van der Waals surface area contributed by atoms with Crippen LogP contribution >= 0.6 is 11.3 Å². The fourth-order valence-corrected chi connectivity index (χ4v) is 2.45. The summed E-state index contributed by atoms with van der Waals surface area (Å²) in [4.78, 5) is 15.7. The second-order valence-electron chi connectivity index (χ2n) is 3.77. The van der Waals surface area contributed by atoms with Gasteiger partial charge in [0.15, 0.2) is 0 Å². The van der Waals surface area contributed by atoms with Crippen LogP contribution in [0, 0.1) is 6.92 Å². The van der Waals surface area contributed by atoms with Gasteiger partial charge < -0.3 is 5.11 Å². The van der Waals surface area contributed by atoms with Crippen LogP contribution < -0.4 is 0 Å². The Morgan fingerprint density at radius 2 is 2.00 bits per heavy atom. The molecule has 0 fully saturated rings. The maximum Gasteiger partial charge on any atom is 0.348 e. The first-order valence-electron chi connectivity index (χ1n) is 5.42. The molecule has 17 heavy (non-hydrogen) atoms. The highest BCUT2D eigenvalue weighted by Gasteiger charge is 2.16.